The topological polar surface area (TPSA) is 20.3 Å². The largest absolute Gasteiger partial charge is 0.343 e. The normalized spacial score (nSPS) is 16.6. The lowest BCUT2D eigenvalue weighted by atomic mass is 9.98. The summed E-state index contributed by atoms with van der Waals surface area (Å²) in [6, 6.07) is 8.65. The molecule has 1 amide bonds. The van der Waals surface area contributed by atoms with Crippen molar-refractivity contribution >= 4 is 5.91 Å². The molecule has 1 fully saturated rings. The minimum atomic E-state index is 0.325. The molecule has 0 atom stereocenters. The molecule has 1 aliphatic heterocycles. The Labute approximate surface area is 116 Å². The zero-order valence-electron chi connectivity index (χ0n) is 12.2. The van der Waals surface area contributed by atoms with Crippen LogP contribution < -0.4 is 0 Å². The summed E-state index contributed by atoms with van der Waals surface area (Å²) in [5.74, 6) is 1.11. The van der Waals surface area contributed by atoms with Crippen molar-refractivity contribution in [3.05, 3.63) is 35.4 Å². The molecule has 0 spiro atoms. The number of nitrogens with zero attached hydrogens (tertiary/aromatic N) is 1. The second kappa shape index (κ2) is 6.74. The monoisotopic (exact) mass is 259 g/mol. The molecule has 0 radical (unpaired) electrons. The summed E-state index contributed by atoms with van der Waals surface area (Å²) in [5.41, 5.74) is 2.64. The number of hydrogen-bond acceptors (Lipinski definition) is 1. The first-order chi connectivity index (χ1) is 9.19. The Bertz CT molecular complexity index is 402. The number of carbonyl (C=O) groups excluding carboxylic acids is 1. The molecule has 19 heavy (non-hydrogen) atoms. The summed E-state index contributed by atoms with van der Waals surface area (Å²) in [6.07, 6.45) is 4.92. The third kappa shape index (κ3) is 4.09. The van der Waals surface area contributed by atoms with Gasteiger partial charge in [-0.1, -0.05) is 38.1 Å². The summed E-state index contributed by atoms with van der Waals surface area (Å²) in [6.45, 7) is 6.34. The minimum absolute atomic E-state index is 0.325. The maximum atomic E-state index is 12.1. The molecule has 1 aromatic carbocycles. The van der Waals surface area contributed by atoms with E-state index in [1.54, 1.807) is 0 Å². The SMILES string of the molecule is CCc1ccc(CCC(=O)N2CCC(C)CC2)cc1. The van der Waals surface area contributed by atoms with Crippen molar-refractivity contribution in [2.45, 2.75) is 46.0 Å². The summed E-state index contributed by atoms with van der Waals surface area (Å²) >= 11 is 0. The molecule has 2 nitrogen and oxygen atoms in total. The molecular weight excluding hydrogens is 234 g/mol. The number of carbonyl (C=O) groups is 1. The fourth-order valence-corrected chi connectivity index (χ4v) is 2.61. The third-order valence-corrected chi connectivity index (χ3v) is 4.20. The number of piperidine rings is 1. The second-order valence-corrected chi connectivity index (χ2v) is 5.73. The van der Waals surface area contributed by atoms with E-state index in [0.29, 0.717) is 12.3 Å². The number of benzene rings is 1. The van der Waals surface area contributed by atoms with Gasteiger partial charge in [-0.15, -0.1) is 0 Å². The van der Waals surface area contributed by atoms with Crippen molar-refractivity contribution < 1.29 is 4.79 Å². The highest BCUT2D eigenvalue weighted by Gasteiger charge is 2.19. The van der Waals surface area contributed by atoms with Crippen molar-refractivity contribution in [2.75, 3.05) is 13.1 Å². The van der Waals surface area contributed by atoms with Crippen molar-refractivity contribution in [1.29, 1.82) is 0 Å². The van der Waals surface area contributed by atoms with Gasteiger partial charge in [0.25, 0.3) is 0 Å². The summed E-state index contributed by atoms with van der Waals surface area (Å²) in [4.78, 5) is 14.2. The molecule has 104 valence electrons. The smallest absolute Gasteiger partial charge is 0.222 e. The van der Waals surface area contributed by atoms with E-state index in [1.165, 1.54) is 11.1 Å². The molecule has 1 saturated heterocycles. The van der Waals surface area contributed by atoms with Crippen LogP contribution in [0.3, 0.4) is 0 Å². The van der Waals surface area contributed by atoms with Crippen LogP contribution in [0.4, 0.5) is 0 Å². The van der Waals surface area contributed by atoms with Gasteiger partial charge in [-0.3, -0.25) is 4.79 Å². The lowest BCUT2D eigenvalue weighted by Crippen LogP contribution is -2.37. The van der Waals surface area contributed by atoms with Crippen LogP contribution >= 0.6 is 0 Å². The fraction of sp³-hybridized carbons (Fsp3) is 0.588. The van der Waals surface area contributed by atoms with Crippen molar-refractivity contribution in [3.8, 4) is 0 Å². The van der Waals surface area contributed by atoms with E-state index in [2.05, 4.69) is 38.1 Å². The molecule has 1 aromatic rings. The number of likely N-dealkylation sites (tertiary alicyclic amines) is 1. The Kier molecular flexibility index (Phi) is 5.00. The first-order valence-corrected chi connectivity index (χ1v) is 7.54. The number of rotatable bonds is 4. The summed E-state index contributed by atoms with van der Waals surface area (Å²) in [5, 5.41) is 0. The second-order valence-electron chi connectivity index (χ2n) is 5.73. The number of aryl methyl sites for hydroxylation is 2. The maximum absolute atomic E-state index is 12.1. The molecule has 0 saturated carbocycles. The zero-order chi connectivity index (χ0) is 13.7. The predicted octanol–water partition coefficient (Wildman–Crippen LogP) is 3.44. The summed E-state index contributed by atoms with van der Waals surface area (Å²) < 4.78 is 0. The molecule has 0 aromatic heterocycles. The van der Waals surface area contributed by atoms with Gasteiger partial charge in [0.2, 0.25) is 5.91 Å². The summed E-state index contributed by atoms with van der Waals surface area (Å²) in [7, 11) is 0. The minimum Gasteiger partial charge on any atom is -0.343 e. The van der Waals surface area contributed by atoms with Gasteiger partial charge in [0, 0.05) is 19.5 Å². The Hall–Kier alpha value is -1.31. The van der Waals surface area contributed by atoms with Gasteiger partial charge in [0.15, 0.2) is 0 Å². The first kappa shape index (κ1) is 14.1. The first-order valence-electron chi connectivity index (χ1n) is 7.54. The van der Waals surface area contributed by atoms with Crippen molar-refractivity contribution in [2.24, 2.45) is 5.92 Å². The molecular formula is C17H25NO. The van der Waals surface area contributed by atoms with Crippen LogP contribution in [0.25, 0.3) is 0 Å². The van der Waals surface area contributed by atoms with Crippen molar-refractivity contribution in [1.82, 2.24) is 4.90 Å². The van der Waals surface area contributed by atoms with Crippen LogP contribution in [0.1, 0.15) is 44.2 Å². The van der Waals surface area contributed by atoms with Gasteiger partial charge in [-0.25, -0.2) is 0 Å². The molecule has 0 aliphatic carbocycles. The van der Waals surface area contributed by atoms with E-state index < -0.39 is 0 Å². The Morgan fingerprint density at radius 2 is 1.74 bits per heavy atom. The molecule has 1 aliphatic rings. The average Bonchev–Trinajstić information content (AvgIpc) is 2.46. The fourth-order valence-electron chi connectivity index (χ4n) is 2.61. The molecule has 1 heterocycles. The van der Waals surface area contributed by atoms with Gasteiger partial charge >= 0.3 is 0 Å². The van der Waals surface area contributed by atoms with Crippen LogP contribution in [0.15, 0.2) is 24.3 Å². The predicted molar refractivity (Wildman–Crippen MR) is 79.1 cm³/mol. The van der Waals surface area contributed by atoms with Gasteiger partial charge in [-0.05, 0) is 42.7 Å². The lowest BCUT2D eigenvalue weighted by molar-refractivity contribution is -0.132. The Morgan fingerprint density at radius 3 is 2.32 bits per heavy atom. The molecule has 2 heteroatoms. The highest BCUT2D eigenvalue weighted by molar-refractivity contribution is 5.76. The number of hydrogen-bond donors (Lipinski definition) is 0. The van der Waals surface area contributed by atoms with Gasteiger partial charge < -0.3 is 4.90 Å². The van der Waals surface area contributed by atoms with Crippen molar-refractivity contribution in [3.63, 3.8) is 0 Å². The molecule has 0 N–H and O–H groups in total. The number of amides is 1. The quantitative estimate of drug-likeness (QED) is 0.811. The Morgan fingerprint density at radius 1 is 1.16 bits per heavy atom. The highest BCUT2D eigenvalue weighted by Crippen LogP contribution is 2.17. The highest BCUT2D eigenvalue weighted by atomic mass is 16.2. The maximum Gasteiger partial charge on any atom is 0.222 e. The average molecular weight is 259 g/mol. The van der Waals surface area contributed by atoms with E-state index in [-0.39, 0.29) is 0 Å². The van der Waals surface area contributed by atoms with Gasteiger partial charge in [0.1, 0.15) is 0 Å². The van der Waals surface area contributed by atoms with E-state index in [0.717, 1.165) is 44.7 Å². The van der Waals surface area contributed by atoms with Crippen LogP contribution in [0.5, 0.6) is 0 Å². The van der Waals surface area contributed by atoms with Gasteiger partial charge in [0.05, 0.1) is 0 Å². The van der Waals surface area contributed by atoms with Crippen LogP contribution in [-0.2, 0) is 17.6 Å². The zero-order valence-corrected chi connectivity index (χ0v) is 12.2. The van der Waals surface area contributed by atoms with Crippen LogP contribution in [0.2, 0.25) is 0 Å². The van der Waals surface area contributed by atoms with E-state index >= 15 is 0 Å². The lowest BCUT2D eigenvalue weighted by Gasteiger charge is -2.30. The van der Waals surface area contributed by atoms with Crippen LogP contribution in [-0.4, -0.2) is 23.9 Å². The van der Waals surface area contributed by atoms with Crippen LogP contribution in [0, 0.1) is 5.92 Å². The molecule has 2 rings (SSSR count). The molecule has 0 bridgehead atoms. The molecule has 0 unspecified atom stereocenters. The van der Waals surface area contributed by atoms with E-state index in [4.69, 9.17) is 0 Å². The van der Waals surface area contributed by atoms with E-state index in [9.17, 15) is 4.79 Å². The Balaban J connectivity index is 1.79. The van der Waals surface area contributed by atoms with E-state index in [1.807, 2.05) is 4.90 Å². The third-order valence-electron chi connectivity index (χ3n) is 4.20. The standard InChI is InChI=1S/C17H25NO/c1-3-15-4-6-16(7-5-15)8-9-17(19)18-12-10-14(2)11-13-18/h4-7,14H,3,8-13H2,1-2H3. The van der Waals surface area contributed by atoms with Gasteiger partial charge in [-0.2, -0.15) is 0 Å².